The normalized spacial score (nSPS) is 8.50. The lowest BCUT2D eigenvalue weighted by molar-refractivity contribution is 0.368. The highest BCUT2D eigenvalue weighted by Crippen LogP contribution is 2.32. The van der Waals surface area contributed by atoms with Gasteiger partial charge in [-0.2, -0.15) is 0 Å². The molecule has 0 aliphatic rings. The average Bonchev–Trinajstić information content (AvgIpc) is 2.02. The molecule has 0 aliphatic heterocycles. The van der Waals surface area contributed by atoms with Crippen molar-refractivity contribution in [2.45, 2.75) is 0 Å². The van der Waals surface area contributed by atoms with Gasteiger partial charge < -0.3 is 15.3 Å². The van der Waals surface area contributed by atoms with Crippen LogP contribution in [-0.4, -0.2) is 20.7 Å². The maximum Gasteiger partial charge on any atom is 0.200 e. The Bertz CT molecular complexity index is 220. The summed E-state index contributed by atoms with van der Waals surface area (Å²) in [5.41, 5.74) is 0. The Hall–Kier alpha value is -0.800. The molecule has 1 rings (SSSR count). The van der Waals surface area contributed by atoms with Crippen LogP contribution in [0, 0.1) is 0 Å². The number of halogens is 2. The van der Waals surface area contributed by atoms with Crippen LogP contribution in [0.25, 0.3) is 0 Å². The molecule has 12 heavy (non-hydrogen) atoms. The Morgan fingerprint density at radius 3 is 1.58 bits per heavy atom. The number of phenols is 3. The van der Waals surface area contributed by atoms with E-state index in [2.05, 4.69) is 0 Å². The molecule has 1 aromatic carbocycles. The van der Waals surface area contributed by atoms with Crippen molar-refractivity contribution in [3.05, 3.63) is 18.2 Å². The predicted molar refractivity (Wildman–Crippen MR) is 48.0 cm³/mol. The standard InChI is InChI=1S/C6H6O3.CH2Cl2/c7-4-2-1-3-5(8)6(4)9;2-1-3/h1-3,7-9H;1H2. The molecule has 0 aliphatic carbocycles. The highest BCUT2D eigenvalue weighted by Gasteiger charge is 2.00. The van der Waals surface area contributed by atoms with Crippen LogP contribution in [0.2, 0.25) is 0 Å². The van der Waals surface area contributed by atoms with Crippen molar-refractivity contribution in [2.24, 2.45) is 0 Å². The van der Waals surface area contributed by atoms with E-state index in [-0.39, 0.29) is 16.8 Å². The Morgan fingerprint density at radius 2 is 1.33 bits per heavy atom. The summed E-state index contributed by atoms with van der Waals surface area (Å²) >= 11 is 9.53. The van der Waals surface area contributed by atoms with Gasteiger partial charge in [0.2, 0.25) is 0 Å². The van der Waals surface area contributed by atoms with E-state index in [4.69, 9.17) is 38.5 Å². The number of para-hydroxylation sites is 1. The van der Waals surface area contributed by atoms with Crippen LogP contribution < -0.4 is 0 Å². The quantitative estimate of drug-likeness (QED) is 0.455. The van der Waals surface area contributed by atoms with Gasteiger partial charge in [0.25, 0.3) is 0 Å². The molecule has 0 radical (unpaired) electrons. The lowest BCUT2D eigenvalue weighted by Crippen LogP contribution is -1.67. The van der Waals surface area contributed by atoms with E-state index in [0.717, 1.165) is 0 Å². The van der Waals surface area contributed by atoms with Crippen LogP contribution in [0.15, 0.2) is 18.2 Å². The lowest BCUT2D eigenvalue weighted by atomic mass is 10.3. The first-order valence-corrected chi connectivity index (χ1v) is 4.02. The predicted octanol–water partition coefficient (Wildman–Crippen LogP) is 2.22. The molecule has 5 heteroatoms. The summed E-state index contributed by atoms with van der Waals surface area (Å²) in [6, 6.07) is 4.01. The SMILES string of the molecule is ClCCl.Oc1cccc(O)c1O. The van der Waals surface area contributed by atoms with E-state index in [1.165, 1.54) is 18.2 Å². The summed E-state index contributed by atoms with van der Waals surface area (Å²) < 4.78 is 0. The maximum atomic E-state index is 8.71. The smallest absolute Gasteiger partial charge is 0.200 e. The van der Waals surface area contributed by atoms with Gasteiger partial charge in [-0.1, -0.05) is 6.07 Å². The largest absolute Gasteiger partial charge is 0.504 e. The van der Waals surface area contributed by atoms with Gasteiger partial charge in [0.15, 0.2) is 17.2 Å². The third-order valence-corrected chi connectivity index (χ3v) is 0.993. The molecular formula is C7H8Cl2O3. The molecule has 0 saturated carbocycles. The first-order chi connectivity index (χ1) is 5.63. The third kappa shape index (κ3) is 3.55. The van der Waals surface area contributed by atoms with Crippen LogP contribution in [0.3, 0.4) is 0 Å². The van der Waals surface area contributed by atoms with Crippen molar-refractivity contribution in [3.63, 3.8) is 0 Å². The van der Waals surface area contributed by atoms with Crippen molar-refractivity contribution in [3.8, 4) is 17.2 Å². The molecule has 0 spiro atoms. The zero-order valence-corrected chi connectivity index (χ0v) is 7.55. The second-order valence-corrected chi connectivity index (χ2v) is 2.55. The summed E-state index contributed by atoms with van der Waals surface area (Å²) in [6.07, 6.45) is 0. The van der Waals surface area contributed by atoms with Crippen molar-refractivity contribution >= 4 is 23.2 Å². The second kappa shape index (κ2) is 5.80. The summed E-state index contributed by atoms with van der Waals surface area (Å²) in [7, 11) is 0. The summed E-state index contributed by atoms with van der Waals surface area (Å²) in [6.45, 7) is 0. The molecule has 0 saturated heterocycles. The summed E-state index contributed by atoms with van der Waals surface area (Å²) in [5, 5.41) is 26.3. The maximum absolute atomic E-state index is 8.71. The molecule has 1 aromatic rings. The Kier molecular flexibility index (Phi) is 5.41. The average molecular weight is 211 g/mol. The van der Waals surface area contributed by atoms with Crippen LogP contribution in [0.4, 0.5) is 0 Å². The number of rotatable bonds is 0. The fourth-order valence-corrected chi connectivity index (χ4v) is 0.519. The zero-order chi connectivity index (χ0) is 9.56. The molecule has 0 bridgehead atoms. The molecule has 0 aromatic heterocycles. The van der Waals surface area contributed by atoms with Gasteiger partial charge in [-0.25, -0.2) is 0 Å². The summed E-state index contributed by atoms with van der Waals surface area (Å²) in [5.74, 6) is -1.09. The van der Waals surface area contributed by atoms with Crippen molar-refractivity contribution < 1.29 is 15.3 Å². The van der Waals surface area contributed by atoms with Crippen molar-refractivity contribution in [1.82, 2.24) is 0 Å². The molecule has 3 N–H and O–H groups in total. The fraction of sp³-hybridized carbons (Fsp3) is 0.143. The molecule has 3 nitrogen and oxygen atoms in total. The number of alkyl halides is 2. The van der Waals surface area contributed by atoms with Gasteiger partial charge in [0.1, 0.15) is 0 Å². The zero-order valence-electron chi connectivity index (χ0n) is 6.04. The van der Waals surface area contributed by atoms with Crippen LogP contribution >= 0.6 is 23.2 Å². The number of hydrogen-bond acceptors (Lipinski definition) is 3. The van der Waals surface area contributed by atoms with Crippen molar-refractivity contribution in [2.75, 3.05) is 5.34 Å². The number of hydrogen-bond donors (Lipinski definition) is 3. The van der Waals surface area contributed by atoms with Gasteiger partial charge in [-0.3, -0.25) is 0 Å². The van der Waals surface area contributed by atoms with E-state index in [1.807, 2.05) is 0 Å². The second-order valence-electron chi connectivity index (χ2n) is 1.75. The molecule has 68 valence electrons. The van der Waals surface area contributed by atoms with E-state index in [9.17, 15) is 0 Å². The van der Waals surface area contributed by atoms with Crippen LogP contribution in [0.1, 0.15) is 0 Å². The Balaban J connectivity index is 0.000000354. The highest BCUT2D eigenvalue weighted by molar-refractivity contribution is 6.40. The fourth-order valence-electron chi connectivity index (χ4n) is 0.519. The van der Waals surface area contributed by atoms with Gasteiger partial charge in [-0.15, -0.1) is 23.2 Å². The molecule has 0 atom stereocenters. The van der Waals surface area contributed by atoms with Gasteiger partial charge in [0, 0.05) is 0 Å². The minimum atomic E-state index is -0.475. The molecular weight excluding hydrogens is 203 g/mol. The summed E-state index contributed by atoms with van der Waals surface area (Å²) in [4.78, 5) is 0. The van der Waals surface area contributed by atoms with E-state index in [1.54, 1.807) is 0 Å². The Labute approximate surface area is 79.8 Å². The first kappa shape index (κ1) is 11.2. The van der Waals surface area contributed by atoms with E-state index >= 15 is 0 Å². The molecule has 0 fully saturated rings. The monoisotopic (exact) mass is 210 g/mol. The van der Waals surface area contributed by atoms with E-state index in [0.29, 0.717) is 0 Å². The highest BCUT2D eigenvalue weighted by atomic mass is 35.5. The third-order valence-electron chi connectivity index (χ3n) is 0.993. The topological polar surface area (TPSA) is 60.7 Å². The number of phenolic OH excluding ortho intramolecular Hbond substituents is 3. The van der Waals surface area contributed by atoms with Gasteiger partial charge in [-0.05, 0) is 12.1 Å². The lowest BCUT2D eigenvalue weighted by Gasteiger charge is -1.96. The number of aromatic hydroxyl groups is 3. The van der Waals surface area contributed by atoms with Gasteiger partial charge >= 0.3 is 0 Å². The molecule has 0 heterocycles. The minimum absolute atomic E-state index is 0.194. The van der Waals surface area contributed by atoms with Crippen LogP contribution in [0.5, 0.6) is 17.2 Å². The minimum Gasteiger partial charge on any atom is -0.504 e. The molecule has 0 unspecified atom stereocenters. The first-order valence-electron chi connectivity index (χ1n) is 2.95. The van der Waals surface area contributed by atoms with Crippen LogP contribution in [-0.2, 0) is 0 Å². The van der Waals surface area contributed by atoms with Gasteiger partial charge in [0.05, 0.1) is 5.34 Å². The Morgan fingerprint density at radius 1 is 1.00 bits per heavy atom. The van der Waals surface area contributed by atoms with Crippen molar-refractivity contribution in [1.29, 1.82) is 0 Å². The molecule has 0 amide bonds. The van der Waals surface area contributed by atoms with E-state index < -0.39 is 5.75 Å². The number of benzene rings is 1.